The quantitative estimate of drug-likeness (QED) is 0.817. The Morgan fingerprint density at radius 3 is 2.79 bits per heavy atom. The SMILES string of the molecule is COc1ccc(F)c(CN2CCCO[C@H](CN3CCOCC3)C2)c1. The van der Waals surface area contributed by atoms with Crippen LogP contribution in [0.5, 0.6) is 5.75 Å². The maximum absolute atomic E-state index is 14.1. The van der Waals surface area contributed by atoms with Crippen LogP contribution in [0, 0.1) is 5.82 Å². The molecule has 2 heterocycles. The molecule has 0 N–H and O–H groups in total. The number of nitrogens with zero attached hydrogens (tertiary/aromatic N) is 2. The summed E-state index contributed by atoms with van der Waals surface area (Å²) in [6, 6.07) is 4.93. The summed E-state index contributed by atoms with van der Waals surface area (Å²) in [7, 11) is 1.61. The van der Waals surface area contributed by atoms with Gasteiger partial charge < -0.3 is 14.2 Å². The van der Waals surface area contributed by atoms with Crippen molar-refractivity contribution in [3.8, 4) is 5.75 Å². The molecule has 1 aromatic carbocycles. The molecule has 0 radical (unpaired) electrons. The minimum Gasteiger partial charge on any atom is -0.497 e. The van der Waals surface area contributed by atoms with Gasteiger partial charge in [-0.2, -0.15) is 0 Å². The number of morpholine rings is 1. The van der Waals surface area contributed by atoms with Crippen LogP contribution in [0.3, 0.4) is 0 Å². The lowest BCUT2D eigenvalue weighted by molar-refractivity contribution is -0.0123. The summed E-state index contributed by atoms with van der Waals surface area (Å²) in [5.41, 5.74) is 0.682. The first-order valence-electron chi connectivity index (χ1n) is 8.71. The van der Waals surface area contributed by atoms with Gasteiger partial charge in [0.25, 0.3) is 0 Å². The monoisotopic (exact) mass is 338 g/mol. The zero-order valence-corrected chi connectivity index (χ0v) is 14.4. The summed E-state index contributed by atoms with van der Waals surface area (Å²) in [6.07, 6.45) is 1.14. The third kappa shape index (κ3) is 4.89. The molecule has 5 nitrogen and oxygen atoms in total. The van der Waals surface area contributed by atoms with Crippen LogP contribution in [-0.4, -0.2) is 75.6 Å². The van der Waals surface area contributed by atoms with Crippen molar-refractivity contribution in [3.63, 3.8) is 0 Å². The molecule has 0 unspecified atom stereocenters. The van der Waals surface area contributed by atoms with E-state index in [0.29, 0.717) is 17.9 Å². The third-order valence-corrected chi connectivity index (χ3v) is 4.65. The summed E-state index contributed by atoms with van der Waals surface area (Å²) in [6.45, 7) is 7.55. The molecule has 1 atom stereocenters. The summed E-state index contributed by atoms with van der Waals surface area (Å²) < 4.78 is 30.7. The van der Waals surface area contributed by atoms with E-state index in [1.165, 1.54) is 6.07 Å². The van der Waals surface area contributed by atoms with Gasteiger partial charge in [-0.3, -0.25) is 9.80 Å². The lowest BCUT2D eigenvalue weighted by Gasteiger charge is -2.31. The molecule has 6 heteroatoms. The third-order valence-electron chi connectivity index (χ3n) is 4.65. The molecule has 134 valence electrons. The molecular weight excluding hydrogens is 311 g/mol. The van der Waals surface area contributed by atoms with Crippen molar-refractivity contribution in [1.82, 2.24) is 9.80 Å². The number of methoxy groups -OCH3 is 1. The predicted octanol–water partition coefficient (Wildman–Crippen LogP) is 1.76. The highest BCUT2D eigenvalue weighted by atomic mass is 19.1. The Balaban J connectivity index is 1.60. The molecule has 1 aromatic rings. The van der Waals surface area contributed by atoms with Gasteiger partial charge >= 0.3 is 0 Å². The van der Waals surface area contributed by atoms with E-state index in [2.05, 4.69) is 9.80 Å². The van der Waals surface area contributed by atoms with Crippen molar-refractivity contribution in [3.05, 3.63) is 29.6 Å². The van der Waals surface area contributed by atoms with E-state index in [4.69, 9.17) is 14.2 Å². The molecule has 2 aliphatic rings. The molecule has 0 saturated carbocycles. The first-order valence-corrected chi connectivity index (χ1v) is 8.71. The number of benzene rings is 1. The van der Waals surface area contributed by atoms with Crippen LogP contribution in [0.2, 0.25) is 0 Å². The van der Waals surface area contributed by atoms with Crippen LogP contribution in [0.15, 0.2) is 18.2 Å². The van der Waals surface area contributed by atoms with Gasteiger partial charge in [-0.05, 0) is 24.6 Å². The van der Waals surface area contributed by atoms with Gasteiger partial charge in [0.2, 0.25) is 0 Å². The molecule has 0 amide bonds. The van der Waals surface area contributed by atoms with Crippen molar-refractivity contribution in [1.29, 1.82) is 0 Å². The number of halogens is 1. The Kier molecular flexibility index (Phi) is 6.43. The van der Waals surface area contributed by atoms with E-state index in [1.807, 2.05) is 0 Å². The summed E-state index contributed by atoms with van der Waals surface area (Å²) >= 11 is 0. The summed E-state index contributed by atoms with van der Waals surface area (Å²) in [5, 5.41) is 0. The van der Waals surface area contributed by atoms with Crippen molar-refractivity contribution in [2.45, 2.75) is 19.1 Å². The molecule has 3 rings (SSSR count). The lowest BCUT2D eigenvalue weighted by atomic mass is 10.1. The van der Waals surface area contributed by atoms with Crippen molar-refractivity contribution in [2.75, 3.05) is 59.7 Å². The molecule has 0 bridgehead atoms. The molecule has 0 aliphatic carbocycles. The highest BCUT2D eigenvalue weighted by molar-refractivity contribution is 5.29. The Bertz CT molecular complexity index is 523. The fraction of sp³-hybridized carbons (Fsp3) is 0.667. The second-order valence-electron chi connectivity index (χ2n) is 6.45. The van der Waals surface area contributed by atoms with Gasteiger partial charge in [-0.25, -0.2) is 4.39 Å². The zero-order valence-electron chi connectivity index (χ0n) is 14.4. The molecular formula is C18H27FN2O3. The molecule has 2 fully saturated rings. The van der Waals surface area contributed by atoms with E-state index in [9.17, 15) is 4.39 Å². The lowest BCUT2D eigenvalue weighted by Crippen LogP contribution is -2.44. The van der Waals surface area contributed by atoms with E-state index < -0.39 is 0 Å². The standard InChI is InChI=1S/C18H27FN2O3/c1-22-16-3-4-18(19)15(11-16)12-21-5-2-8-24-17(14-21)13-20-6-9-23-10-7-20/h3-4,11,17H,2,5-10,12-14H2,1H3/t17-/m1/s1. The second kappa shape index (κ2) is 8.76. The van der Waals surface area contributed by atoms with E-state index in [-0.39, 0.29) is 11.9 Å². The van der Waals surface area contributed by atoms with E-state index >= 15 is 0 Å². The molecule has 0 aromatic heterocycles. The Morgan fingerprint density at radius 2 is 2.00 bits per heavy atom. The number of rotatable bonds is 5. The highest BCUT2D eigenvalue weighted by Gasteiger charge is 2.23. The van der Waals surface area contributed by atoms with Gasteiger partial charge in [0, 0.05) is 51.4 Å². The van der Waals surface area contributed by atoms with E-state index in [1.54, 1.807) is 19.2 Å². The van der Waals surface area contributed by atoms with Crippen LogP contribution in [0.4, 0.5) is 4.39 Å². The summed E-state index contributed by atoms with van der Waals surface area (Å²) in [5.74, 6) is 0.521. The van der Waals surface area contributed by atoms with Gasteiger partial charge in [-0.15, -0.1) is 0 Å². The smallest absolute Gasteiger partial charge is 0.127 e. The molecule has 0 spiro atoms. The fourth-order valence-electron chi connectivity index (χ4n) is 3.34. The minimum atomic E-state index is -0.175. The van der Waals surface area contributed by atoms with Crippen molar-refractivity contribution < 1.29 is 18.6 Å². The Hall–Kier alpha value is -1.21. The number of hydrogen-bond donors (Lipinski definition) is 0. The summed E-state index contributed by atoms with van der Waals surface area (Å²) in [4.78, 5) is 4.68. The molecule has 2 aliphatic heterocycles. The first-order chi connectivity index (χ1) is 11.7. The van der Waals surface area contributed by atoms with Crippen LogP contribution < -0.4 is 4.74 Å². The van der Waals surface area contributed by atoms with Crippen molar-refractivity contribution in [2.24, 2.45) is 0 Å². The largest absolute Gasteiger partial charge is 0.497 e. The van der Waals surface area contributed by atoms with Crippen LogP contribution in [-0.2, 0) is 16.0 Å². The second-order valence-corrected chi connectivity index (χ2v) is 6.45. The zero-order chi connectivity index (χ0) is 16.8. The van der Waals surface area contributed by atoms with E-state index in [0.717, 1.165) is 59.0 Å². The average molecular weight is 338 g/mol. The van der Waals surface area contributed by atoms with Crippen molar-refractivity contribution >= 4 is 0 Å². The topological polar surface area (TPSA) is 34.2 Å². The maximum Gasteiger partial charge on any atom is 0.127 e. The van der Waals surface area contributed by atoms with Gasteiger partial charge in [0.05, 0.1) is 26.4 Å². The van der Waals surface area contributed by atoms with Gasteiger partial charge in [-0.1, -0.05) is 0 Å². The van der Waals surface area contributed by atoms with Crippen LogP contribution in [0.1, 0.15) is 12.0 Å². The van der Waals surface area contributed by atoms with Crippen LogP contribution in [0.25, 0.3) is 0 Å². The van der Waals surface area contributed by atoms with Crippen LogP contribution >= 0.6 is 0 Å². The Labute approximate surface area is 143 Å². The number of hydrogen-bond acceptors (Lipinski definition) is 5. The molecule has 24 heavy (non-hydrogen) atoms. The normalized spacial score (nSPS) is 23.8. The van der Waals surface area contributed by atoms with Gasteiger partial charge in [0.15, 0.2) is 0 Å². The Morgan fingerprint density at radius 1 is 1.17 bits per heavy atom. The molecule has 2 saturated heterocycles. The fourth-order valence-corrected chi connectivity index (χ4v) is 3.34. The predicted molar refractivity (Wildman–Crippen MR) is 89.8 cm³/mol. The first kappa shape index (κ1) is 17.6. The maximum atomic E-state index is 14.1. The minimum absolute atomic E-state index is 0.166. The van der Waals surface area contributed by atoms with Gasteiger partial charge in [0.1, 0.15) is 11.6 Å². The highest BCUT2D eigenvalue weighted by Crippen LogP contribution is 2.19. The number of ether oxygens (including phenoxy) is 3. The average Bonchev–Trinajstić information content (AvgIpc) is 2.83.